The summed E-state index contributed by atoms with van der Waals surface area (Å²) in [5.74, 6) is -0.704. The second kappa shape index (κ2) is 5.12. The topological polar surface area (TPSA) is 56.3 Å². The summed E-state index contributed by atoms with van der Waals surface area (Å²) in [6.45, 7) is 1.91. The van der Waals surface area contributed by atoms with Crippen molar-refractivity contribution >= 4 is 17.8 Å². The number of Topliss-reactive ketones (excluding diaryl/α,β-unsaturated/α-hetero) is 1. The molecule has 94 valence electrons. The third kappa shape index (κ3) is 2.83. The molecular formula is C14H15NO3. The highest BCUT2D eigenvalue weighted by Gasteiger charge is 2.34. The Bertz CT molecular complexity index is 516. The molecule has 1 aromatic heterocycles. The molecule has 0 radical (unpaired) electrons. The van der Waals surface area contributed by atoms with Crippen molar-refractivity contribution in [3.8, 4) is 0 Å². The normalized spacial score (nSPS) is 15.3. The predicted molar refractivity (Wildman–Crippen MR) is 66.7 cm³/mol. The van der Waals surface area contributed by atoms with Crippen LogP contribution in [0.15, 0.2) is 24.0 Å². The molecule has 4 nitrogen and oxygen atoms in total. The van der Waals surface area contributed by atoms with Gasteiger partial charge in [0, 0.05) is 18.3 Å². The fourth-order valence-corrected chi connectivity index (χ4v) is 1.73. The van der Waals surface area contributed by atoms with E-state index in [4.69, 9.17) is 0 Å². The zero-order chi connectivity index (χ0) is 13.1. The molecule has 2 rings (SSSR count). The Morgan fingerprint density at radius 3 is 2.67 bits per heavy atom. The first-order valence-electron chi connectivity index (χ1n) is 5.87. The van der Waals surface area contributed by atoms with Gasteiger partial charge in [-0.25, -0.2) is 4.79 Å². The van der Waals surface area contributed by atoms with Crippen molar-refractivity contribution < 1.29 is 14.3 Å². The number of carbonyl (C=O) groups is 2. The molecule has 0 unspecified atom stereocenters. The fraction of sp³-hybridized carbons (Fsp3) is 0.357. The zero-order valence-electron chi connectivity index (χ0n) is 10.5. The molecule has 1 aliphatic carbocycles. The molecule has 18 heavy (non-hydrogen) atoms. The highest BCUT2D eigenvalue weighted by molar-refractivity contribution is 6.21. The van der Waals surface area contributed by atoms with E-state index in [0.717, 1.165) is 24.0 Å². The van der Waals surface area contributed by atoms with Crippen LogP contribution in [-0.4, -0.2) is 23.8 Å². The maximum atomic E-state index is 12.0. The zero-order valence-corrected chi connectivity index (χ0v) is 10.5. The van der Waals surface area contributed by atoms with Crippen LogP contribution in [0.1, 0.15) is 24.0 Å². The van der Waals surface area contributed by atoms with Gasteiger partial charge >= 0.3 is 5.97 Å². The van der Waals surface area contributed by atoms with Crippen LogP contribution in [0.25, 0.3) is 6.08 Å². The van der Waals surface area contributed by atoms with E-state index in [0.29, 0.717) is 0 Å². The van der Waals surface area contributed by atoms with Crippen LogP contribution in [0.5, 0.6) is 0 Å². The maximum Gasteiger partial charge on any atom is 0.341 e. The molecule has 0 aromatic carbocycles. The minimum absolute atomic E-state index is 0.00637. The molecule has 1 aliphatic rings. The molecule has 0 amide bonds. The Kier molecular flexibility index (Phi) is 3.55. The lowest BCUT2D eigenvalue weighted by atomic mass is 10.0. The van der Waals surface area contributed by atoms with E-state index in [1.54, 1.807) is 18.5 Å². The van der Waals surface area contributed by atoms with E-state index in [9.17, 15) is 9.59 Å². The van der Waals surface area contributed by atoms with Gasteiger partial charge in [-0.15, -0.1) is 0 Å². The molecule has 1 saturated carbocycles. The lowest BCUT2D eigenvalue weighted by molar-refractivity contribution is -0.137. The number of aromatic nitrogens is 1. The average Bonchev–Trinajstić information content (AvgIpc) is 3.18. The van der Waals surface area contributed by atoms with Crippen molar-refractivity contribution in [1.82, 2.24) is 4.98 Å². The van der Waals surface area contributed by atoms with E-state index < -0.39 is 5.97 Å². The van der Waals surface area contributed by atoms with Gasteiger partial charge in [0.05, 0.1) is 7.11 Å². The first-order valence-corrected chi connectivity index (χ1v) is 5.87. The van der Waals surface area contributed by atoms with Crippen molar-refractivity contribution in [2.45, 2.75) is 19.8 Å². The van der Waals surface area contributed by atoms with Crippen LogP contribution in [0.3, 0.4) is 0 Å². The van der Waals surface area contributed by atoms with Gasteiger partial charge in [0.1, 0.15) is 5.57 Å². The van der Waals surface area contributed by atoms with E-state index in [1.807, 2.05) is 13.0 Å². The molecular weight excluding hydrogens is 230 g/mol. The first kappa shape index (κ1) is 12.5. The van der Waals surface area contributed by atoms with Gasteiger partial charge in [0.15, 0.2) is 5.78 Å². The number of pyridine rings is 1. The molecule has 0 spiro atoms. The number of hydrogen-bond acceptors (Lipinski definition) is 4. The van der Waals surface area contributed by atoms with Gasteiger partial charge in [0.25, 0.3) is 0 Å². The number of esters is 1. The monoisotopic (exact) mass is 245 g/mol. The molecule has 1 fully saturated rings. The Hall–Kier alpha value is -1.97. The number of carbonyl (C=O) groups excluding carboxylic acids is 2. The smallest absolute Gasteiger partial charge is 0.341 e. The number of rotatable bonds is 4. The largest absolute Gasteiger partial charge is 0.465 e. The first-order chi connectivity index (χ1) is 8.61. The number of ketones is 1. The van der Waals surface area contributed by atoms with Gasteiger partial charge in [-0.2, -0.15) is 0 Å². The van der Waals surface area contributed by atoms with Crippen LogP contribution in [-0.2, 0) is 14.3 Å². The van der Waals surface area contributed by atoms with E-state index in [-0.39, 0.29) is 17.3 Å². The van der Waals surface area contributed by atoms with Crippen molar-refractivity contribution in [3.05, 3.63) is 35.2 Å². The summed E-state index contributed by atoms with van der Waals surface area (Å²) >= 11 is 0. The maximum absolute atomic E-state index is 12.0. The standard InChI is InChI=1S/C14H15NO3/c1-9-5-10(8-15-7-9)6-12(14(17)18-2)13(16)11-3-4-11/h5-8,11H,3-4H2,1-2H3. The molecule has 0 aliphatic heterocycles. The number of methoxy groups -OCH3 is 1. The van der Waals surface area contributed by atoms with Gasteiger partial charge in [0.2, 0.25) is 0 Å². The van der Waals surface area contributed by atoms with Crippen LogP contribution in [0.2, 0.25) is 0 Å². The summed E-state index contributed by atoms with van der Waals surface area (Å²) in [7, 11) is 1.28. The molecule has 0 bridgehead atoms. The average molecular weight is 245 g/mol. The van der Waals surface area contributed by atoms with Crippen LogP contribution in [0.4, 0.5) is 0 Å². The quantitative estimate of drug-likeness (QED) is 0.352. The van der Waals surface area contributed by atoms with Gasteiger partial charge in [-0.05, 0) is 43.0 Å². The summed E-state index contributed by atoms with van der Waals surface area (Å²) in [5.41, 5.74) is 1.84. The second-order valence-corrected chi connectivity index (χ2v) is 4.48. The number of nitrogens with zero attached hydrogens (tertiary/aromatic N) is 1. The number of hydrogen-bond donors (Lipinski definition) is 0. The van der Waals surface area contributed by atoms with Gasteiger partial charge in [-0.1, -0.05) is 0 Å². The highest BCUT2D eigenvalue weighted by Crippen LogP contribution is 2.33. The Balaban J connectivity index is 2.33. The Morgan fingerprint density at radius 2 is 2.11 bits per heavy atom. The lowest BCUT2D eigenvalue weighted by Gasteiger charge is -2.04. The third-order valence-corrected chi connectivity index (χ3v) is 2.83. The Morgan fingerprint density at radius 1 is 1.39 bits per heavy atom. The van der Waals surface area contributed by atoms with E-state index in [1.165, 1.54) is 7.11 Å². The predicted octanol–water partition coefficient (Wildman–Crippen LogP) is 1.93. The highest BCUT2D eigenvalue weighted by atomic mass is 16.5. The third-order valence-electron chi connectivity index (χ3n) is 2.83. The van der Waals surface area contributed by atoms with Crippen molar-refractivity contribution in [3.63, 3.8) is 0 Å². The summed E-state index contributed by atoms with van der Waals surface area (Å²) in [5, 5.41) is 0. The summed E-state index contributed by atoms with van der Waals surface area (Å²) in [6, 6.07) is 1.87. The molecule has 1 heterocycles. The number of aryl methyl sites for hydroxylation is 1. The second-order valence-electron chi connectivity index (χ2n) is 4.48. The summed E-state index contributed by atoms with van der Waals surface area (Å²) in [4.78, 5) is 27.7. The van der Waals surface area contributed by atoms with Gasteiger partial charge < -0.3 is 4.74 Å². The van der Waals surface area contributed by atoms with E-state index >= 15 is 0 Å². The molecule has 1 aromatic rings. The minimum Gasteiger partial charge on any atom is -0.465 e. The van der Waals surface area contributed by atoms with Crippen molar-refractivity contribution in [2.75, 3.05) is 7.11 Å². The summed E-state index contributed by atoms with van der Waals surface area (Å²) < 4.78 is 4.67. The SMILES string of the molecule is COC(=O)C(=Cc1cncc(C)c1)C(=O)C1CC1. The van der Waals surface area contributed by atoms with Crippen molar-refractivity contribution in [2.24, 2.45) is 5.92 Å². The minimum atomic E-state index is -0.576. The van der Waals surface area contributed by atoms with Gasteiger partial charge in [-0.3, -0.25) is 9.78 Å². The van der Waals surface area contributed by atoms with E-state index in [2.05, 4.69) is 9.72 Å². The fourth-order valence-electron chi connectivity index (χ4n) is 1.73. The molecule has 0 atom stereocenters. The van der Waals surface area contributed by atoms with Crippen LogP contribution < -0.4 is 0 Å². The lowest BCUT2D eigenvalue weighted by Crippen LogP contribution is -2.15. The van der Waals surface area contributed by atoms with Crippen LogP contribution >= 0.6 is 0 Å². The number of ether oxygens (including phenoxy) is 1. The van der Waals surface area contributed by atoms with Crippen molar-refractivity contribution in [1.29, 1.82) is 0 Å². The Labute approximate surface area is 106 Å². The van der Waals surface area contributed by atoms with Crippen LogP contribution in [0, 0.1) is 12.8 Å². The molecule has 0 saturated heterocycles. The molecule has 0 N–H and O–H groups in total. The summed E-state index contributed by atoms with van der Waals surface area (Å²) in [6.07, 6.45) is 6.62. The molecule has 4 heteroatoms.